The van der Waals surface area contributed by atoms with Crippen molar-refractivity contribution < 1.29 is 24.6 Å². The van der Waals surface area contributed by atoms with Crippen molar-refractivity contribution in [2.24, 2.45) is 5.73 Å². The Hall–Kier alpha value is -5.11. The van der Waals surface area contributed by atoms with Crippen LogP contribution >= 0.6 is 0 Å². The van der Waals surface area contributed by atoms with E-state index in [1.165, 1.54) is 17.7 Å². The molecule has 3 aromatic rings. The zero-order valence-corrected chi connectivity index (χ0v) is 23.3. The number of nitrogen functional groups attached to an aromatic ring is 1. The van der Waals surface area contributed by atoms with Gasteiger partial charge in [0.15, 0.2) is 5.82 Å². The van der Waals surface area contributed by atoms with E-state index in [9.17, 15) is 24.3 Å². The summed E-state index contributed by atoms with van der Waals surface area (Å²) in [5.74, 6) is -2.59. The molecule has 2 heterocycles. The first-order valence-electron chi connectivity index (χ1n) is 13.2. The van der Waals surface area contributed by atoms with Gasteiger partial charge in [-0.2, -0.15) is 4.98 Å². The largest absolute Gasteiger partial charge is 0.481 e. The second-order valence-electron chi connectivity index (χ2n) is 9.75. The molecule has 0 unspecified atom stereocenters. The fourth-order valence-electron chi connectivity index (χ4n) is 4.18. The van der Waals surface area contributed by atoms with Crippen LogP contribution in [0.1, 0.15) is 41.7 Å². The molecule has 0 spiro atoms. The van der Waals surface area contributed by atoms with Gasteiger partial charge in [0, 0.05) is 43.9 Å². The number of rotatable bonds is 10. The molecule has 0 aliphatic carbocycles. The van der Waals surface area contributed by atoms with E-state index in [-0.39, 0.29) is 42.0 Å². The van der Waals surface area contributed by atoms with Crippen LogP contribution in [0.15, 0.2) is 59.4 Å². The number of likely N-dealkylation sites (N-methyl/N-ethyl adjacent to an activating group) is 1. The van der Waals surface area contributed by atoms with Gasteiger partial charge < -0.3 is 42.5 Å². The Morgan fingerprint density at radius 1 is 1.12 bits per heavy atom. The van der Waals surface area contributed by atoms with Crippen molar-refractivity contribution in [1.82, 2.24) is 15.3 Å². The van der Waals surface area contributed by atoms with Gasteiger partial charge in [-0.3, -0.25) is 19.4 Å². The first-order chi connectivity index (χ1) is 20.0. The summed E-state index contributed by atoms with van der Waals surface area (Å²) in [4.78, 5) is 54.9. The van der Waals surface area contributed by atoms with Crippen LogP contribution < -0.4 is 37.9 Å². The van der Waals surface area contributed by atoms with E-state index in [0.717, 1.165) is 5.69 Å². The van der Waals surface area contributed by atoms with Crippen LogP contribution in [-0.2, 0) is 9.59 Å². The second-order valence-corrected chi connectivity index (χ2v) is 9.75. The van der Waals surface area contributed by atoms with Gasteiger partial charge in [0.25, 0.3) is 11.5 Å². The van der Waals surface area contributed by atoms with Crippen LogP contribution in [0.4, 0.5) is 23.1 Å². The zero-order chi connectivity index (χ0) is 30.8. The summed E-state index contributed by atoms with van der Waals surface area (Å²) in [6.07, 6.45) is -0.586. The summed E-state index contributed by atoms with van der Waals surface area (Å²) in [6, 6.07) is 15.2. The number of aliphatic carboxylic acids is 2. The van der Waals surface area contributed by atoms with Gasteiger partial charge in [0.05, 0.1) is 6.04 Å². The average Bonchev–Trinajstić information content (AvgIpc) is 2.95. The van der Waals surface area contributed by atoms with Crippen LogP contribution in [0.3, 0.4) is 0 Å². The number of hydrogen-bond acceptors (Lipinski definition) is 10. The molecular weight excluding hydrogens is 544 g/mol. The van der Waals surface area contributed by atoms with Crippen molar-refractivity contribution in [3.8, 4) is 0 Å². The number of aromatic amines is 1. The molecule has 0 saturated heterocycles. The van der Waals surface area contributed by atoms with Gasteiger partial charge in [-0.15, -0.1) is 0 Å². The van der Waals surface area contributed by atoms with E-state index in [2.05, 4.69) is 25.9 Å². The van der Waals surface area contributed by atoms with Crippen LogP contribution in [0.2, 0.25) is 0 Å². The van der Waals surface area contributed by atoms with Gasteiger partial charge in [0.1, 0.15) is 11.7 Å². The second kappa shape index (κ2) is 14.5. The molecule has 3 atom stereocenters. The Kier molecular flexibility index (Phi) is 10.8. The molecule has 1 aliphatic heterocycles. The fourth-order valence-corrected chi connectivity index (χ4v) is 4.18. The summed E-state index contributed by atoms with van der Waals surface area (Å²) < 4.78 is 0. The van der Waals surface area contributed by atoms with Crippen molar-refractivity contribution >= 4 is 41.0 Å². The number of nitrogens with one attached hydrogen (secondary N) is 4. The van der Waals surface area contributed by atoms with Gasteiger partial charge in [-0.25, -0.2) is 4.79 Å². The van der Waals surface area contributed by atoms with Crippen LogP contribution in [-0.4, -0.2) is 70.2 Å². The minimum absolute atomic E-state index is 0.0388. The lowest BCUT2D eigenvalue weighted by Crippen LogP contribution is -2.48. The molecule has 14 nitrogen and oxygen atoms in total. The van der Waals surface area contributed by atoms with Crippen LogP contribution in [0, 0.1) is 0 Å². The first kappa shape index (κ1) is 31.4. The van der Waals surface area contributed by atoms with Gasteiger partial charge in [0.2, 0.25) is 5.95 Å². The maximum Gasteiger partial charge on any atom is 0.326 e. The number of carbonyl (C=O) groups is 3. The van der Waals surface area contributed by atoms with E-state index < -0.39 is 23.9 Å². The number of fused-ring (bicyclic) bond motifs is 1. The number of amides is 1. The highest BCUT2D eigenvalue weighted by Crippen LogP contribution is 2.25. The predicted molar refractivity (Wildman–Crippen MR) is 160 cm³/mol. The molecule has 0 saturated carbocycles. The number of carboxylic acids is 2. The Morgan fingerprint density at radius 2 is 1.79 bits per heavy atom. The number of hydrogen-bond donors (Lipinski definition) is 8. The topological polar surface area (TPSA) is 229 Å². The number of carbonyl (C=O) groups excluding carboxylic acids is 1. The third-order valence-corrected chi connectivity index (χ3v) is 6.58. The summed E-state index contributed by atoms with van der Waals surface area (Å²) in [5.41, 5.74) is 13.4. The van der Waals surface area contributed by atoms with Crippen molar-refractivity contribution in [3.05, 3.63) is 76.1 Å². The number of nitrogens with zero attached hydrogens (tertiary/aromatic N) is 2. The fraction of sp³-hybridized carbons (Fsp3) is 0.321. The molecule has 14 heteroatoms. The predicted octanol–water partition coefficient (Wildman–Crippen LogP) is 1.45. The molecule has 1 aliphatic rings. The lowest BCUT2D eigenvalue weighted by atomic mass is 10.1. The maximum atomic E-state index is 12.3. The number of H-pyrrole nitrogens is 1. The standard InChI is InChI=1S/C20H25N7O6.C8H11N/c1-27-12(9-23-16-15(27)18(31)26-20(21)25-16)8-22-11-4-2-10(3-5-11)17(30)24-13(19(32)33)6-7-14(28)29;1-7(9)8-5-3-2-4-6-8/h2-5,12-13,22H,6-9H2,1H3,(H,24,30)(H,28,29)(H,32,33)(H4,21,23,25,26,31);2-7H,9H2,1H3/t12-,13-;7-/m00/s1. The van der Waals surface area contributed by atoms with Crippen molar-refractivity contribution in [2.75, 3.05) is 41.4 Å². The lowest BCUT2D eigenvalue weighted by molar-refractivity contribution is -0.140. The Labute approximate surface area is 242 Å². The lowest BCUT2D eigenvalue weighted by Gasteiger charge is -2.35. The van der Waals surface area contributed by atoms with E-state index in [1.54, 1.807) is 19.2 Å². The van der Waals surface area contributed by atoms with Gasteiger partial charge >= 0.3 is 11.9 Å². The van der Waals surface area contributed by atoms with Crippen LogP contribution in [0.5, 0.6) is 0 Å². The summed E-state index contributed by atoms with van der Waals surface area (Å²) in [7, 11) is 1.79. The van der Waals surface area contributed by atoms with Crippen LogP contribution in [0.25, 0.3) is 0 Å². The average molecular weight is 581 g/mol. The number of anilines is 4. The van der Waals surface area contributed by atoms with Crippen molar-refractivity contribution in [1.29, 1.82) is 0 Å². The van der Waals surface area contributed by atoms with Gasteiger partial charge in [-0.05, 0) is 43.2 Å². The van der Waals surface area contributed by atoms with E-state index in [1.807, 2.05) is 42.2 Å². The smallest absolute Gasteiger partial charge is 0.326 e. The zero-order valence-electron chi connectivity index (χ0n) is 23.3. The quantitative estimate of drug-likeness (QED) is 0.170. The molecule has 42 heavy (non-hydrogen) atoms. The molecule has 0 bridgehead atoms. The van der Waals surface area contributed by atoms with Crippen molar-refractivity contribution in [3.63, 3.8) is 0 Å². The summed E-state index contributed by atoms with van der Waals surface area (Å²) in [5, 5.41) is 26.6. The normalized spacial score (nSPS) is 15.1. The molecule has 0 fully saturated rings. The number of carboxylic acid groups (broad SMARTS) is 2. The van der Waals surface area contributed by atoms with E-state index >= 15 is 0 Å². The number of nitrogens with two attached hydrogens (primary N) is 2. The minimum Gasteiger partial charge on any atom is -0.481 e. The molecular formula is C28H36N8O6. The Morgan fingerprint density at radius 3 is 2.36 bits per heavy atom. The highest BCUT2D eigenvalue weighted by molar-refractivity contribution is 5.97. The summed E-state index contributed by atoms with van der Waals surface area (Å²) >= 11 is 0. The van der Waals surface area contributed by atoms with E-state index in [4.69, 9.17) is 16.6 Å². The SMILES string of the molecule is CN1c2c(nc(N)[nH]c2=O)NC[C@@H]1CNc1ccc(C(=O)N[C@@H](CCC(=O)O)C(=O)O)cc1.C[C@H](N)c1ccccc1. The van der Waals surface area contributed by atoms with E-state index in [0.29, 0.717) is 24.6 Å². The monoisotopic (exact) mass is 580 g/mol. The molecule has 1 aromatic heterocycles. The first-order valence-corrected chi connectivity index (χ1v) is 13.2. The molecule has 10 N–H and O–H groups in total. The molecule has 1 amide bonds. The number of aromatic nitrogens is 2. The summed E-state index contributed by atoms with van der Waals surface area (Å²) in [6.45, 7) is 2.99. The maximum absolute atomic E-state index is 12.3. The minimum atomic E-state index is -1.30. The highest BCUT2D eigenvalue weighted by Gasteiger charge is 2.27. The third-order valence-electron chi connectivity index (χ3n) is 6.58. The Bertz CT molecular complexity index is 1430. The van der Waals surface area contributed by atoms with Crippen molar-refractivity contribution in [2.45, 2.75) is 37.9 Å². The highest BCUT2D eigenvalue weighted by atomic mass is 16.4. The number of benzene rings is 2. The molecule has 0 radical (unpaired) electrons. The molecule has 4 rings (SSSR count). The molecule has 224 valence electrons. The van der Waals surface area contributed by atoms with Gasteiger partial charge in [-0.1, -0.05) is 30.3 Å². The Balaban J connectivity index is 0.000000458. The molecule has 2 aromatic carbocycles. The third kappa shape index (κ3) is 8.69.